The van der Waals surface area contributed by atoms with Crippen LogP contribution in [0.3, 0.4) is 0 Å². The van der Waals surface area contributed by atoms with Gasteiger partial charge in [0.05, 0.1) is 21.5 Å². The summed E-state index contributed by atoms with van der Waals surface area (Å²) >= 11 is 0. The number of fused-ring (bicyclic) bond motifs is 1. The number of benzene rings is 2. The van der Waals surface area contributed by atoms with Crippen molar-refractivity contribution in [1.29, 1.82) is 0 Å². The molecule has 0 amide bonds. The van der Waals surface area contributed by atoms with E-state index in [1.807, 2.05) is 24.3 Å². The number of rotatable bonds is 4. The van der Waals surface area contributed by atoms with Crippen molar-refractivity contribution in [3.63, 3.8) is 0 Å². The van der Waals surface area contributed by atoms with E-state index in [2.05, 4.69) is 15.0 Å². The number of aromatic nitrogens is 3. The first-order valence-electron chi connectivity index (χ1n) is 8.17. The summed E-state index contributed by atoms with van der Waals surface area (Å²) in [5.41, 5.74) is 3.19. The number of nitrogens with zero attached hydrogens (tertiary/aromatic N) is 3. The third kappa shape index (κ3) is 3.13. The Hall–Kier alpha value is -4.00. The summed E-state index contributed by atoms with van der Waals surface area (Å²) in [7, 11) is 0. The third-order valence-electron chi connectivity index (χ3n) is 4.18. The summed E-state index contributed by atoms with van der Waals surface area (Å²) in [5, 5.41) is 21.9. The average Bonchev–Trinajstić information content (AvgIpc) is 3.12. The molecule has 2 aromatic carbocycles. The van der Waals surface area contributed by atoms with Crippen LogP contribution in [0.1, 0.15) is 17.0 Å². The molecule has 4 rings (SSSR count). The number of nitrogens with one attached hydrogen (secondary N) is 1. The average molecular weight is 358 g/mol. The molecule has 27 heavy (non-hydrogen) atoms. The summed E-state index contributed by atoms with van der Waals surface area (Å²) in [4.78, 5) is 22.2. The SMILES string of the molecule is O=[N+]([O-])c1ccc(/C(=C(/O)c2ccncc2)c2nc3ccccc3[nH]2)cc1. The standard InChI is InChI=1S/C20H14N4O3/c25-19(14-9-11-21-12-10-14)18(13-5-7-15(8-6-13)24(26)27)20-22-16-3-1-2-4-17(16)23-20/h1-12,25H,(H,22,23)/b19-18-. The number of hydrogen-bond acceptors (Lipinski definition) is 5. The largest absolute Gasteiger partial charge is 0.507 e. The van der Waals surface area contributed by atoms with Crippen molar-refractivity contribution in [2.24, 2.45) is 0 Å². The maximum atomic E-state index is 10.9. The minimum absolute atomic E-state index is 0.00492. The maximum Gasteiger partial charge on any atom is 0.269 e. The van der Waals surface area contributed by atoms with E-state index in [1.165, 1.54) is 12.1 Å². The molecule has 0 saturated heterocycles. The second-order valence-electron chi connectivity index (χ2n) is 5.87. The minimum atomic E-state index is -0.461. The fourth-order valence-corrected chi connectivity index (χ4v) is 2.86. The zero-order chi connectivity index (χ0) is 18.8. The molecule has 2 heterocycles. The highest BCUT2D eigenvalue weighted by Gasteiger charge is 2.18. The Morgan fingerprint density at radius 2 is 1.67 bits per heavy atom. The van der Waals surface area contributed by atoms with E-state index < -0.39 is 4.92 Å². The molecule has 2 N–H and O–H groups in total. The highest BCUT2D eigenvalue weighted by Crippen LogP contribution is 2.31. The van der Waals surface area contributed by atoms with E-state index >= 15 is 0 Å². The van der Waals surface area contributed by atoms with Crippen LogP contribution in [0, 0.1) is 10.1 Å². The normalized spacial score (nSPS) is 12.0. The molecule has 0 fully saturated rings. The van der Waals surface area contributed by atoms with Gasteiger partial charge < -0.3 is 10.1 Å². The van der Waals surface area contributed by atoms with Crippen LogP contribution in [0.15, 0.2) is 73.1 Å². The topological polar surface area (TPSA) is 105 Å². The molecule has 132 valence electrons. The molecule has 0 aliphatic carbocycles. The van der Waals surface area contributed by atoms with Crippen LogP contribution in [0.2, 0.25) is 0 Å². The maximum absolute atomic E-state index is 10.9. The smallest absolute Gasteiger partial charge is 0.269 e. The fraction of sp³-hybridized carbons (Fsp3) is 0. The van der Waals surface area contributed by atoms with E-state index in [1.54, 1.807) is 36.7 Å². The zero-order valence-electron chi connectivity index (χ0n) is 14.0. The molecule has 0 radical (unpaired) electrons. The van der Waals surface area contributed by atoms with Gasteiger partial charge in [0.2, 0.25) is 0 Å². The molecule has 0 aliphatic rings. The number of aromatic amines is 1. The van der Waals surface area contributed by atoms with Gasteiger partial charge in [0.1, 0.15) is 11.6 Å². The summed E-state index contributed by atoms with van der Waals surface area (Å²) in [6, 6.07) is 16.9. The predicted molar refractivity (Wildman–Crippen MR) is 102 cm³/mol. The molecule has 7 heteroatoms. The van der Waals surface area contributed by atoms with Gasteiger partial charge in [-0.15, -0.1) is 0 Å². The Labute approximate surface area is 153 Å². The van der Waals surface area contributed by atoms with Crippen molar-refractivity contribution >= 4 is 28.1 Å². The first-order chi connectivity index (χ1) is 13.1. The number of imidazole rings is 1. The van der Waals surface area contributed by atoms with Gasteiger partial charge in [0.15, 0.2) is 0 Å². The Balaban J connectivity index is 1.93. The number of nitro benzene ring substituents is 1. The molecule has 0 atom stereocenters. The van der Waals surface area contributed by atoms with E-state index in [4.69, 9.17) is 0 Å². The van der Waals surface area contributed by atoms with E-state index in [9.17, 15) is 15.2 Å². The van der Waals surface area contributed by atoms with Gasteiger partial charge in [-0.2, -0.15) is 0 Å². The quantitative estimate of drug-likeness (QED) is 0.321. The van der Waals surface area contributed by atoms with Crippen LogP contribution in [0.4, 0.5) is 5.69 Å². The monoisotopic (exact) mass is 358 g/mol. The van der Waals surface area contributed by atoms with Crippen LogP contribution in [-0.2, 0) is 0 Å². The minimum Gasteiger partial charge on any atom is -0.507 e. The van der Waals surface area contributed by atoms with Crippen molar-refractivity contribution in [2.75, 3.05) is 0 Å². The Bertz CT molecular complexity index is 1120. The molecule has 0 aliphatic heterocycles. The summed E-state index contributed by atoms with van der Waals surface area (Å²) in [5.74, 6) is 0.477. The van der Waals surface area contributed by atoms with E-state index in [0.717, 1.165) is 11.0 Å². The van der Waals surface area contributed by atoms with Crippen LogP contribution in [0.5, 0.6) is 0 Å². The third-order valence-corrected chi connectivity index (χ3v) is 4.18. The van der Waals surface area contributed by atoms with Crippen molar-refractivity contribution in [1.82, 2.24) is 15.0 Å². The van der Waals surface area contributed by atoms with E-state index in [-0.39, 0.29) is 11.4 Å². The number of hydrogen-bond donors (Lipinski definition) is 2. The summed E-state index contributed by atoms with van der Waals surface area (Å²) in [6.07, 6.45) is 3.16. The molecule has 0 unspecified atom stereocenters. The molecular weight excluding hydrogens is 344 g/mol. The molecule has 2 aromatic heterocycles. The van der Waals surface area contributed by atoms with Crippen LogP contribution < -0.4 is 0 Å². The highest BCUT2D eigenvalue weighted by molar-refractivity contribution is 5.95. The number of non-ortho nitro benzene ring substituents is 1. The number of aliphatic hydroxyl groups excluding tert-OH is 1. The highest BCUT2D eigenvalue weighted by atomic mass is 16.6. The van der Waals surface area contributed by atoms with Gasteiger partial charge in [-0.1, -0.05) is 12.1 Å². The Kier molecular flexibility index (Phi) is 4.10. The second-order valence-corrected chi connectivity index (χ2v) is 5.87. The van der Waals surface area contributed by atoms with Crippen molar-refractivity contribution < 1.29 is 10.0 Å². The number of aliphatic hydroxyl groups is 1. The predicted octanol–water partition coefficient (Wildman–Crippen LogP) is 4.34. The van der Waals surface area contributed by atoms with Gasteiger partial charge in [0.25, 0.3) is 5.69 Å². The summed E-state index contributed by atoms with van der Waals surface area (Å²) in [6.45, 7) is 0. The Morgan fingerprint density at radius 1 is 0.963 bits per heavy atom. The molecule has 0 spiro atoms. The molecule has 7 nitrogen and oxygen atoms in total. The lowest BCUT2D eigenvalue weighted by molar-refractivity contribution is -0.384. The van der Waals surface area contributed by atoms with Crippen LogP contribution in [-0.4, -0.2) is 25.0 Å². The lowest BCUT2D eigenvalue weighted by Crippen LogP contribution is -1.97. The molecule has 0 bridgehead atoms. The molecular formula is C20H14N4O3. The van der Waals surface area contributed by atoms with Gasteiger partial charge in [-0.05, 0) is 42.0 Å². The van der Waals surface area contributed by atoms with E-state index in [0.29, 0.717) is 22.5 Å². The van der Waals surface area contributed by atoms with Gasteiger partial charge in [0, 0.05) is 30.1 Å². The lowest BCUT2D eigenvalue weighted by Gasteiger charge is -2.09. The zero-order valence-corrected chi connectivity index (χ0v) is 14.0. The van der Waals surface area contributed by atoms with Crippen molar-refractivity contribution in [3.8, 4) is 0 Å². The van der Waals surface area contributed by atoms with Gasteiger partial charge in [-0.3, -0.25) is 15.1 Å². The Morgan fingerprint density at radius 3 is 2.33 bits per heavy atom. The molecule has 0 saturated carbocycles. The lowest BCUT2D eigenvalue weighted by atomic mass is 10.0. The number of para-hydroxylation sites is 2. The summed E-state index contributed by atoms with van der Waals surface area (Å²) < 4.78 is 0. The molecule has 4 aromatic rings. The number of H-pyrrole nitrogens is 1. The van der Waals surface area contributed by atoms with Crippen molar-refractivity contribution in [3.05, 3.63) is 100 Å². The van der Waals surface area contributed by atoms with Gasteiger partial charge >= 0.3 is 0 Å². The van der Waals surface area contributed by atoms with Crippen molar-refractivity contribution in [2.45, 2.75) is 0 Å². The first kappa shape index (κ1) is 16.5. The van der Waals surface area contributed by atoms with Crippen LogP contribution >= 0.6 is 0 Å². The van der Waals surface area contributed by atoms with Crippen LogP contribution in [0.25, 0.3) is 22.4 Å². The number of nitro groups is 1. The number of pyridine rings is 1. The van der Waals surface area contributed by atoms with Gasteiger partial charge in [-0.25, -0.2) is 4.98 Å². The second kappa shape index (κ2) is 6.72. The fourth-order valence-electron chi connectivity index (χ4n) is 2.86. The first-order valence-corrected chi connectivity index (χ1v) is 8.17.